The molecule has 0 saturated heterocycles. The zero-order valence-electron chi connectivity index (χ0n) is 5.83. The minimum Gasteiger partial charge on any atom is -0.387 e. The Morgan fingerprint density at radius 3 is 3.40 bits per heavy atom. The minimum absolute atomic E-state index is 0.902. The molecule has 0 radical (unpaired) electrons. The molecule has 1 aromatic rings. The highest BCUT2D eigenvalue weighted by molar-refractivity contribution is 5.50. The molecule has 0 atom stereocenters. The van der Waals surface area contributed by atoms with Crippen molar-refractivity contribution in [3.05, 3.63) is 23.7 Å². The van der Waals surface area contributed by atoms with E-state index in [1.54, 1.807) is 0 Å². The van der Waals surface area contributed by atoms with E-state index in [9.17, 15) is 0 Å². The molecule has 52 valence electrons. The van der Waals surface area contributed by atoms with Crippen molar-refractivity contribution in [1.82, 2.24) is 15.1 Å². The van der Waals surface area contributed by atoms with Crippen LogP contribution in [-0.2, 0) is 13.6 Å². The highest BCUT2D eigenvalue weighted by atomic mass is 15.3. The molecule has 0 saturated carbocycles. The Morgan fingerprint density at radius 1 is 1.70 bits per heavy atom. The van der Waals surface area contributed by atoms with Gasteiger partial charge in [0.15, 0.2) is 0 Å². The molecule has 0 spiro atoms. The maximum atomic E-state index is 4.12. The summed E-state index contributed by atoms with van der Waals surface area (Å²) in [6.45, 7) is 0.902. The van der Waals surface area contributed by atoms with Crippen LogP contribution in [0, 0.1) is 0 Å². The van der Waals surface area contributed by atoms with Gasteiger partial charge in [-0.05, 0) is 12.3 Å². The quantitative estimate of drug-likeness (QED) is 0.561. The third kappa shape index (κ3) is 0.635. The molecular weight excluding hydrogens is 126 g/mol. The number of aromatic nitrogens is 2. The van der Waals surface area contributed by atoms with Crippen molar-refractivity contribution < 1.29 is 0 Å². The minimum atomic E-state index is 0.902. The topological polar surface area (TPSA) is 29.9 Å². The SMILES string of the molecule is Cn1ncc2c1C=CNC2. The lowest BCUT2D eigenvalue weighted by molar-refractivity contribution is 0.751. The van der Waals surface area contributed by atoms with Gasteiger partial charge in [0.05, 0.1) is 11.9 Å². The molecule has 10 heavy (non-hydrogen) atoms. The van der Waals surface area contributed by atoms with E-state index in [0.717, 1.165) is 6.54 Å². The monoisotopic (exact) mass is 135 g/mol. The van der Waals surface area contributed by atoms with Crippen molar-refractivity contribution in [3.63, 3.8) is 0 Å². The fourth-order valence-corrected chi connectivity index (χ4v) is 1.15. The molecule has 3 heteroatoms. The average Bonchev–Trinajstić information content (AvgIpc) is 2.34. The Bertz CT molecular complexity index is 272. The van der Waals surface area contributed by atoms with Crippen molar-refractivity contribution in [1.29, 1.82) is 0 Å². The standard InChI is InChI=1S/C7H9N3/c1-10-7-2-3-8-4-6(7)5-9-10/h2-3,5,8H,4H2,1H3. The van der Waals surface area contributed by atoms with Gasteiger partial charge in [0, 0.05) is 19.2 Å². The lowest BCUT2D eigenvalue weighted by Crippen LogP contribution is -2.10. The molecule has 0 aliphatic carbocycles. The summed E-state index contributed by atoms with van der Waals surface area (Å²) in [5.41, 5.74) is 2.48. The second-order valence-electron chi connectivity index (χ2n) is 2.39. The first kappa shape index (κ1) is 5.53. The Kier molecular flexibility index (Phi) is 1.03. The molecule has 1 aromatic heterocycles. The molecule has 2 heterocycles. The zero-order valence-corrected chi connectivity index (χ0v) is 5.83. The molecule has 0 unspecified atom stereocenters. The van der Waals surface area contributed by atoms with E-state index in [1.165, 1.54) is 11.3 Å². The van der Waals surface area contributed by atoms with Crippen LogP contribution in [0.5, 0.6) is 0 Å². The number of hydrogen-bond acceptors (Lipinski definition) is 2. The number of nitrogens with one attached hydrogen (secondary N) is 1. The van der Waals surface area contributed by atoms with E-state index in [4.69, 9.17) is 0 Å². The molecule has 1 N–H and O–H groups in total. The summed E-state index contributed by atoms with van der Waals surface area (Å²) in [5, 5.41) is 7.24. The maximum Gasteiger partial charge on any atom is 0.0670 e. The lowest BCUT2D eigenvalue weighted by Gasteiger charge is -2.06. The van der Waals surface area contributed by atoms with E-state index in [1.807, 2.05) is 30.2 Å². The Hall–Kier alpha value is -1.25. The molecule has 1 aliphatic rings. The largest absolute Gasteiger partial charge is 0.387 e. The first-order chi connectivity index (χ1) is 4.88. The summed E-state index contributed by atoms with van der Waals surface area (Å²) in [5.74, 6) is 0. The van der Waals surface area contributed by atoms with Crippen molar-refractivity contribution >= 4 is 6.08 Å². The molecule has 2 rings (SSSR count). The summed E-state index contributed by atoms with van der Waals surface area (Å²) in [4.78, 5) is 0. The summed E-state index contributed by atoms with van der Waals surface area (Å²) in [6, 6.07) is 0. The number of nitrogens with zero attached hydrogens (tertiary/aromatic N) is 2. The molecule has 0 amide bonds. The fraction of sp³-hybridized carbons (Fsp3) is 0.286. The van der Waals surface area contributed by atoms with Crippen LogP contribution in [0.2, 0.25) is 0 Å². The third-order valence-corrected chi connectivity index (χ3v) is 1.72. The van der Waals surface area contributed by atoms with Crippen LogP contribution in [0.4, 0.5) is 0 Å². The third-order valence-electron chi connectivity index (χ3n) is 1.72. The van der Waals surface area contributed by atoms with Gasteiger partial charge in [-0.1, -0.05) is 0 Å². The molecule has 0 aromatic carbocycles. The average molecular weight is 135 g/mol. The zero-order chi connectivity index (χ0) is 6.97. The fourth-order valence-electron chi connectivity index (χ4n) is 1.15. The first-order valence-electron chi connectivity index (χ1n) is 3.29. The number of hydrogen-bond donors (Lipinski definition) is 1. The molecular formula is C7H9N3. The lowest BCUT2D eigenvalue weighted by atomic mass is 10.2. The van der Waals surface area contributed by atoms with E-state index in [2.05, 4.69) is 10.4 Å². The van der Waals surface area contributed by atoms with Gasteiger partial charge in [0.25, 0.3) is 0 Å². The Labute approximate surface area is 59.4 Å². The summed E-state index contributed by atoms with van der Waals surface area (Å²) in [6.07, 6.45) is 5.88. The van der Waals surface area contributed by atoms with Gasteiger partial charge in [0.2, 0.25) is 0 Å². The number of rotatable bonds is 0. The van der Waals surface area contributed by atoms with Crippen LogP contribution in [-0.4, -0.2) is 9.78 Å². The van der Waals surface area contributed by atoms with Gasteiger partial charge in [-0.15, -0.1) is 0 Å². The second kappa shape index (κ2) is 1.87. The Balaban J connectivity index is 2.57. The van der Waals surface area contributed by atoms with Gasteiger partial charge in [-0.3, -0.25) is 4.68 Å². The van der Waals surface area contributed by atoms with Crippen LogP contribution < -0.4 is 5.32 Å². The normalized spacial score (nSPS) is 14.5. The highest BCUT2D eigenvalue weighted by Crippen LogP contribution is 2.11. The summed E-state index contributed by atoms with van der Waals surface area (Å²) >= 11 is 0. The first-order valence-corrected chi connectivity index (χ1v) is 3.29. The summed E-state index contributed by atoms with van der Waals surface area (Å²) in [7, 11) is 1.95. The van der Waals surface area contributed by atoms with Crippen molar-refractivity contribution in [2.45, 2.75) is 6.54 Å². The van der Waals surface area contributed by atoms with Crippen molar-refractivity contribution in [2.75, 3.05) is 0 Å². The van der Waals surface area contributed by atoms with Gasteiger partial charge >= 0.3 is 0 Å². The predicted molar refractivity (Wildman–Crippen MR) is 39.1 cm³/mol. The second-order valence-corrected chi connectivity index (χ2v) is 2.39. The number of aryl methyl sites for hydroxylation is 1. The molecule has 0 bridgehead atoms. The number of fused-ring (bicyclic) bond motifs is 1. The highest BCUT2D eigenvalue weighted by Gasteiger charge is 2.06. The predicted octanol–water partition coefficient (Wildman–Crippen LogP) is 0.494. The van der Waals surface area contributed by atoms with Crippen LogP contribution in [0.3, 0.4) is 0 Å². The van der Waals surface area contributed by atoms with E-state index < -0.39 is 0 Å². The maximum absolute atomic E-state index is 4.12. The van der Waals surface area contributed by atoms with Gasteiger partial charge in [-0.2, -0.15) is 5.10 Å². The van der Waals surface area contributed by atoms with Gasteiger partial charge in [0.1, 0.15) is 0 Å². The van der Waals surface area contributed by atoms with Crippen LogP contribution in [0.1, 0.15) is 11.3 Å². The van der Waals surface area contributed by atoms with Gasteiger partial charge in [-0.25, -0.2) is 0 Å². The van der Waals surface area contributed by atoms with Crippen molar-refractivity contribution in [2.24, 2.45) is 7.05 Å². The van der Waals surface area contributed by atoms with Crippen LogP contribution >= 0.6 is 0 Å². The summed E-state index contributed by atoms with van der Waals surface area (Å²) < 4.78 is 1.88. The van der Waals surface area contributed by atoms with Crippen LogP contribution in [0.25, 0.3) is 6.08 Å². The van der Waals surface area contributed by atoms with Gasteiger partial charge < -0.3 is 5.32 Å². The van der Waals surface area contributed by atoms with E-state index in [0.29, 0.717) is 0 Å². The van der Waals surface area contributed by atoms with Crippen LogP contribution in [0.15, 0.2) is 12.4 Å². The van der Waals surface area contributed by atoms with E-state index >= 15 is 0 Å². The molecule has 1 aliphatic heterocycles. The Morgan fingerprint density at radius 2 is 2.60 bits per heavy atom. The van der Waals surface area contributed by atoms with E-state index in [-0.39, 0.29) is 0 Å². The molecule has 3 nitrogen and oxygen atoms in total. The smallest absolute Gasteiger partial charge is 0.0670 e. The van der Waals surface area contributed by atoms with Crippen molar-refractivity contribution in [3.8, 4) is 0 Å². The molecule has 0 fully saturated rings.